The van der Waals surface area contributed by atoms with E-state index in [1.807, 2.05) is 13.8 Å². The second-order valence-corrected chi connectivity index (χ2v) is 10.6. The van der Waals surface area contributed by atoms with E-state index in [1.54, 1.807) is 0 Å². The lowest BCUT2D eigenvalue weighted by atomic mass is 9.80. The number of nitrogens with one attached hydrogen (secondary N) is 1. The van der Waals surface area contributed by atoms with E-state index in [2.05, 4.69) is 5.32 Å². The van der Waals surface area contributed by atoms with Gasteiger partial charge in [0, 0.05) is 5.69 Å². The number of likely N-dealkylation sites (tertiary alicyclic amines) is 1. The Kier molecular flexibility index (Phi) is 7.38. The summed E-state index contributed by atoms with van der Waals surface area (Å²) in [6.07, 6.45) is 0.633. The van der Waals surface area contributed by atoms with Crippen LogP contribution < -0.4 is 5.32 Å². The first-order valence-corrected chi connectivity index (χ1v) is 12.3. The topological polar surface area (TPSA) is 119 Å². The molecule has 0 unspecified atom stereocenters. The van der Waals surface area contributed by atoms with Gasteiger partial charge >= 0.3 is 11.9 Å². The molecule has 0 aromatic heterocycles. The van der Waals surface area contributed by atoms with E-state index in [0.29, 0.717) is 24.3 Å². The van der Waals surface area contributed by atoms with Crippen LogP contribution in [-0.4, -0.2) is 65.1 Å². The lowest BCUT2D eigenvalue weighted by molar-refractivity contribution is -0.154. The molecule has 1 N–H and O–H groups in total. The predicted octanol–water partition coefficient (Wildman–Crippen LogP) is 2.45. The first-order valence-electron chi connectivity index (χ1n) is 11.4. The zero-order chi connectivity index (χ0) is 25.4. The molecule has 3 aliphatic rings. The molecule has 6 atom stereocenters. The number of amides is 3. The van der Waals surface area contributed by atoms with E-state index in [4.69, 9.17) is 32.7 Å². The summed E-state index contributed by atoms with van der Waals surface area (Å²) >= 11 is 12.6. The molecule has 1 aromatic carbocycles. The molecule has 0 radical (unpaired) electrons. The SMILES string of the molecule is CC(C)COC(=O)c1ccc(NC(=O)COC(=O)CN2C(=O)[C@@H]3[C@H]4C[C@@H]([C@H](Cl)[C@H]4Cl)[C@H]3C2=O)cc1. The third kappa shape index (κ3) is 5.02. The monoisotopic (exact) mass is 524 g/mol. The molecular weight excluding hydrogens is 499 g/mol. The van der Waals surface area contributed by atoms with Crippen molar-refractivity contribution in [3.63, 3.8) is 0 Å². The van der Waals surface area contributed by atoms with Crippen LogP contribution in [0, 0.1) is 29.6 Å². The van der Waals surface area contributed by atoms with Crippen LogP contribution in [0.25, 0.3) is 0 Å². The second kappa shape index (κ2) is 10.1. The number of alkyl halides is 2. The number of hydrogen-bond acceptors (Lipinski definition) is 7. The fourth-order valence-electron chi connectivity index (χ4n) is 5.10. The van der Waals surface area contributed by atoms with Gasteiger partial charge in [-0.3, -0.25) is 24.1 Å². The van der Waals surface area contributed by atoms with E-state index >= 15 is 0 Å². The van der Waals surface area contributed by atoms with Crippen molar-refractivity contribution in [2.45, 2.75) is 31.0 Å². The van der Waals surface area contributed by atoms with Gasteiger partial charge in [-0.15, -0.1) is 23.2 Å². The summed E-state index contributed by atoms with van der Waals surface area (Å²) in [5, 5.41) is 1.78. The standard InChI is InChI=1S/C24H26Cl2N2O7/c1-11(2)9-35-24(33)12-3-5-13(6-4-12)27-16(29)10-34-17(30)8-28-22(31)18-14-7-15(19(18)23(28)32)21(26)20(14)25/h3-6,11,14-15,18-21H,7-10H2,1-2H3,(H,27,29)/t14-,15-,18-,19-,20+,21+/m1/s1. The fourth-order valence-corrected chi connectivity index (χ4v) is 5.99. The number of hydrogen-bond donors (Lipinski definition) is 1. The third-order valence-corrected chi connectivity index (χ3v) is 8.00. The average molecular weight is 525 g/mol. The summed E-state index contributed by atoms with van der Waals surface area (Å²) in [6.45, 7) is 3.00. The van der Waals surface area contributed by atoms with Gasteiger partial charge in [0.25, 0.3) is 5.91 Å². The van der Waals surface area contributed by atoms with Gasteiger partial charge in [0.15, 0.2) is 6.61 Å². The number of imide groups is 1. The summed E-state index contributed by atoms with van der Waals surface area (Å²) in [5.41, 5.74) is 0.736. The molecule has 1 heterocycles. The van der Waals surface area contributed by atoms with Crippen molar-refractivity contribution in [1.82, 2.24) is 4.90 Å². The number of carbonyl (C=O) groups is 5. The zero-order valence-electron chi connectivity index (χ0n) is 19.2. The van der Waals surface area contributed by atoms with Gasteiger partial charge in [0.2, 0.25) is 11.8 Å². The van der Waals surface area contributed by atoms with Gasteiger partial charge in [-0.25, -0.2) is 4.79 Å². The van der Waals surface area contributed by atoms with Gasteiger partial charge in [0.1, 0.15) is 6.54 Å². The van der Waals surface area contributed by atoms with Gasteiger partial charge in [-0.2, -0.15) is 0 Å². The number of halogens is 2. The highest BCUT2D eigenvalue weighted by Crippen LogP contribution is 2.59. The van der Waals surface area contributed by atoms with Crippen LogP contribution in [0.15, 0.2) is 24.3 Å². The summed E-state index contributed by atoms with van der Waals surface area (Å²) < 4.78 is 10.1. The number of ether oxygens (including phenoxy) is 2. The normalized spacial score (nSPS) is 28.9. The van der Waals surface area contributed by atoms with E-state index in [0.717, 1.165) is 4.90 Å². The van der Waals surface area contributed by atoms with Crippen molar-refractivity contribution in [1.29, 1.82) is 0 Å². The molecular formula is C24H26Cl2N2O7. The van der Waals surface area contributed by atoms with Crippen LogP contribution in [0.1, 0.15) is 30.6 Å². The first-order chi connectivity index (χ1) is 16.6. The number of nitrogens with zero attached hydrogens (tertiary/aromatic N) is 1. The van der Waals surface area contributed by atoms with Crippen molar-refractivity contribution in [2.75, 3.05) is 25.1 Å². The molecule has 9 nitrogen and oxygen atoms in total. The van der Waals surface area contributed by atoms with Gasteiger partial charge < -0.3 is 14.8 Å². The summed E-state index contributed by atoms with van der Waals surface area (Å²) in [5.74, 6) is -4.06. The Hall–Kier alpha value is -2.65. The molecule has 2 aliphatic carbocycles. The van der Waals surface area contributed by atoms with Crippen molar-refractivity contribution in [3.8, 4) is 0 Å². The lowest BCUT2D eigenvalue weighted by Gasteiger charge is -2.28. The highest BCUT2D eigenvalue weighted by Gasteiger charge is 2.66. The average Bonchev–Trinajstić information content (AvgIpc) is 3.43. The molecule has 0 spiro atoms. The number of esters is 2. The van der Waals surface area contributed by atoms with E-state index in [1.165, 1.54) is 24.3 Å². The van der Waals surface area contributed by atoms with Crippen molar-refractivity contribution >= 4 is 58.5 Å². The second-order valence-electron chi connectivity index (χ2n) is 9.54. The Morgan fingerprint density at radius 1 is 1.00 bits per heavy atom. The summed E-state index contributed by atoms with van der Waals surface area (Å²) in [6, 6.07) is 6.06. The lowest BCUT2D eigenvalue weighted by Crippen LogP contribution is -2.38. The van der Waals surface area contributed by atoms with Crippen LogP contribution in [0.4, 0.5) is 5.69 Å². The molecule has 2 bridgehead atoms. The Bertz CT molecular complexity index is 1010. The highest BCUT2D eigenvalue weighted by molar-refractivity contribution is 6.31. The van der Waals surface area contributed by atoms with E-state index < -0.39 is 54.6 Å². The quantitative estimate of drug-likeness (QED) is 0.315. The van der Waals surface area contributed by atoms with Gasteiger partial charge in [-0.1, -0.05) is 13.8 Å². The fraction of sp³-hybridized carbons (Fsp3) is 0.542. The van der Waals surface area contributed by atoms with Crippen LogP contribution in [0.2, 0.25) is 0 Å². The minimum Gasteiger partial charge on any atom is -0.462 e. The van der Waals surface area contributed by atoms with Crippen molar-refractivity contribution in [2.24, 2.45) is 29.6 Å². The molecule has 3 fully saturated rings. The van der Waals surface area contributed by atoms with Gasteiger partial charge in [0.05, 0.1) is 34.8 Å². The van der Waals surface area contributed by atoms with Crippen LogP contribution >= 0.6 is 23.2 Å². The van der Waals surface area contributed by atoms with Crippen LogP contribution in [0.5, 0.6) is 0 Å². The number of carbonyl (C=O) groups excluding carboxylic acids is 5. The van der Waals surface area contributed by atoms with Crippen LogP contribution in [0.3, 0.4) is 0 Å². The molecule has 1 aromatic rings. The highest BCUT2D eigenvalue weighted by atomic mass is 35.5. The first kappa shape index (κ1) is 25.4. The third-order valence-electron chi connectivity index (χ3n) is 6.68. The number of fused-ring (bicyclic) bond motifs is 5. The molecule has 35 heavy (non-hydrogen) atoms. The maximum atomic E-state index is 12.8. The van der Waals surface area contributed by atoms with Crippen LogP contribution in [-0.2, 0) is 28.7 Å². The molecule has 1 aliphatic heterocycles. The summed E-state index contributed by atoms with van der Waals surface area (Å²) in [7, 11) is 0. The Balaban J connectivity index is 1.24. The Morgan fingerprint density at radius 2 is 1.57 bits per heavy atom. The Morgan fingerprint density at radius 3 is 2.11 bits per heavy atom. The number of benzene rings is 1. The van der Waals surface area contributed by atoms with Gasteiger partial charge in [-0.05, 0) is 48.4 Å². The molecule has 4 rings (SSSR count). The molecule has 1 saturated heterocycles. The molecule has 11 heteroatoms. The number of rotatable bonds is 8. The van der Waals surface area contributed by atoms with E-state index in [-0.39, 0.29) is 28.5 Å². The minimum absolute atomic E-state index is 0.180. The van der Waals surface area contributed by atoms with Crippen molar-refractivity contribution < 1.29 is 33.4 Å². The molecule has 2 saturated carbocycles. The predicted molar refractivity (Wildman–Crippen MR) is 126 cm³/mol. The zero-order valence-corrected chi connectivity index (χ0v) is 20.8. The maximum absolute atomic E-state index is 12.8. The summed E-state index contributed by atoms with van der Waals surface area (Å²) in [4.78, 5) is 62.8. The molecule has 188 valence electrons. The number of anilines is 1. The molecule has 3 amide bonds. The maximum Gasteiger partial charge on any atom is 0.338 e. The van der Waals surface area contributed by atoms with E-state index in [9.17, 15) is 24.0 Å². The largest absolute Gasteiger partial charge is 0.462 e. The smallest absolute Gasteiger partial charge is 0.338 e. The Labute approximate surface area is 212 Å². The minimum atomic E-state index is -0.873. The van der Waals surface area contributed by atoms with Crippen molar-refractivity contribution in [3.05, 3.63) is 29.8 Å².